The van der Waals surface area contributed by atoms with E-state index in [1.807, 2.05) is 0 Å². The van der Waals surface area contributed by atoms with E-state index in [0.29, 0.717) is 23.5 Å². The number of benzene rings is 2. The first-order valence-electron chi connectivity index (χ1n) is 6.35. The van der Waals surface area contributed by atoms with Gasteiger partial charge in [-0.3, -0.25) is 0 Å². The maximum absolute atomic E-state index is 12.0. The Morgan fingerprint density at radius 1 is 1.00 bits per heavy atom. The van der Waals surface area contributed by atoms with E-state index in [-0.39, 0.29) is 0 Å². The lowest BCUT2D eigenvalue weighted by molar-refractivity contribution is 0.0524. The van der Waals surface area contributed by atoms with Crippen molar-refractivity contribution in [3.63, 3.8) is 0 Å². The maximum Gasteiger partial charge on any atom is 0.343 e. The fraction of sp³-hybridized carbons (Fsp3) is 0.125. The summed E-state index contributed by atoms with van der Waals surface area (Å²) in [6, 6.07) is 13.2. The average molecular weight is 349 g/mol. The van der Waals surface area contributed by atoms with Gasteiger partial charge in [0.05, 0.1) is 17.7 Å². The summed E-state index contributed by atoms with van der Waals surface area (Å²) in [4.78, 5) is 23.6. The molecule has 0 atom stereocenters. The van der Waals surface area contributed by atoms with Crippen molar-refractivity contribution in [2.45, 2.75) is 6.92 Å². The lowest BCUT2D eigenvalue weighted by atomic mass is 10.2. The molecule has 0 bridgehead atoms. The number of halogens is 1. The van der Waals surface area contributed by atoms with Crippen molar-refractivity contribution in [2.24, 2.45) is 0 Å². The average Bonchev–Trinajstić information content (AvgIpc) is 2.48. The highest BCUT2D eigenvalue weighted by Crippen LogP contribution is 2.17. The summed E-state index contributed by atoms with van der Waals surface area (Å²) in [5.41, 5.74) is 0.776. The fourth-order valence-electron chi connectivity index (χ4n) is 1.65. The molecule has 0 amide bonds. The summed E-state index contributed by atoms with van der Waals surface area (Å²) in [6.07, 6.45) is 0. The van der Waals surface area contributed by atoms with Gasteiger partial charge in [-0.2, -0.15) is 0 Å². The Morgan fingerprint density at radius 2 is 1.71 bits per heavy atom. The first-order valence-corrected chi connectivity index (χ1v) is 7.14. The van der Waals surface area contributed by atoms with E-state index in [4.69, 9.17) is 9.47 Å². The van der Waals surface area contributed by atoms with Crippen LogP contribution in [0.5, 0.6) is 5.75 Å². The molecule has 0 unspecified atom stereocenters. The van der Waals surface area contributed by atoms with Gasteiger partial charge in [-0.05, 0) is 49.4 Å². The highest BCUT2D eigenvalue weighted by Gasteiger charge is 2.11. The molecule has 0 N–H and O–H groups in total. The monoisotopic (exact) mass is 348 g/mol. The van der Waals surface area contributed by atoms with Crippen molar-refractivity contribution in [1.82, 2.24) is 0 Å². The molecule has 5 heteroatoms. The lowest BCUT2D eigenvalue weighted by Gasteiger charge is -2.06. The van der Waals surface area contributed by atoms with Crippen LogP contribution in [0.25, 0.3) is 0 Å². The number of carbonyl (C=O) groups is 2. The van der Waals surface area contributed by atoms with Gasteiger partial charge in [-0.1, -0.05) is 22.0 Å². The zero-order valence-corrected chi connectivity index (χ0v) is 12.9. The Labute approximate surface area is 130 Å². The molecule has 2 aromatic carbocycles. The zero-order valence-electron chi connectivity index (χ0n) is 11.3. The highest BCUT2D eigenvalue weighted by molar-refractivity contribution is 9.10. The van der Waals surface area contributed by atoms with Gasteiger partial charge < -0.3 is 9.47 Å². The Hall–Kier alpha value is -2.14. The smallest absolute Gasteiger partial charge is 0.343 e. The number of carbonyl (C=O) groups excluding carboxylic acids is 2. The molecule has 2 aromatic rings. The summed E-state index contributed by atoms with van der Waals surface area (Å²) < 4.78 is 11.0. The van der Waals surface area contributed by atoms with Crippen molar-refractivity contribution in [3.05, 3.63) is 64.1 Å². The first kappa shape index (κ1) is 15.3. The lowest BCUT2D eigenvalue weighted by Crippen LogP contribution is -2.09. The predicted octanol–water partition coefficient (Wildman–Crippen LogP) is 3.85. The molecule has 0 aliphatic carbocycles. The van der Waals surface area contributed by atoms with Crippen LogP contribution in [0.15, 0.2) is 53.0 Å². The Morgan fingerprint density at radius 3 is 2.38 bits per heavy atom. The van der Waals surface area contributed by atoms with Crippen LogP contribution in [-0.4, -0.2) is 18.5 Å². The minimum Gasteiger partial charge on any atom is -0.462 e. The molecule has 4 nitrogen and oxygen atoms in total. The molecule has 0 aliphatic heterocycles. The molecular formula is C16H13BrO4. The van der Waals surface area contributed by atoms with Crippen LogP contribution in [0.4, 0.5) is 0 Å². The number of hydrogen-bond acceptors (Lipinski definition) is 4. The number of hydrogen-bond donors (Lipinski definition) is 0. The molecule has 0 heterocycles. The maximum atomic E-state index is 12.0. The number of ether oxygens (including phenoxy) is 2. The third kappa shape index (κ3) is 4.16. The van der Waals surface area contributed by atoms with Crippen molar-refractivity contribution >= 4 is 27.9 Å². The molecule has 0 spiro atoms. The number of esters is 2. The van der Waals surface area contributed by atoms with Crippen LogP contribution < -0.4 is 4.74 Å². The highest BCUT2D eigenvalue weighted by atomic mass is 79.9. The van der Waals surface area contributed by atoms with Gasteiger partial charge >= 0.3 is 11.9 Å². The molecule has 21 heavy (non-hydrogen) atoms. The third-order valence-electron chi connectivity index (χ3n) is 2.64. The summed E-state index contributed by atoms with van der Waals surface area (Å²) in [5, 5.41) is 0. The van der Waals surface area contributed by atoms with Crippen LogP contribution in [-0.2, 0) is 4.74 Å². The molecule has 0 aromatic heterocycles. The van der Waals surface area contributed by atoms with Crippen LogP contribution in [0, 0.1) is 0 Å². The van der Waals surface area contributed by atoms with Crippen molar-refractivity contribution < 1.29 is 19.1 Å². The first-order chi connectivity index (χ1) is 10.1. The summed E-state index contributed by atoms with van der Waals surface area (Å²) >= 11 is 3.30. The standard InChI is InChI=1S/C16H13BrO4/c1-2-20-15(18)12-4-3-5-14(10-12)21-16(19)11-6-8-13(17)9-7-11/h3-10H,2H2,1H3. The largest absolute Gasteiger partial charge is 0.462 e. The zero-order chi connectivity index (χ0) is 15.2. The molecule has 0 saturated carbocycles. The van der Waals surface area contributed by atoms with Gasteiger partial charge in [0.1, 0.15) is 5.75 Å². The van der Waals surface area contributed by atoms with E-state index >= 15 is 0 Å². The SMILES string of the molecule is CCOC(=O)c1cccc(OC(=O)c2ccc(Br)cc2)c1. The molecule has 108 valence electrons. The van der Waals surface area contributed by atoms with Crippen LogP contribution in [0.3, 0.4) is 0 Å². The fourth-order valence-corrected chi connectivity index (χ4v) is 1.92. The van der Waals surface area contributed by atoms with E-state index < -0.39 is 11.9 Å². The van der Waals surface area contributed by atoms with E-state index in [1.54, 1.807) is 49.4 Å². The van der Waals surface area contributed by atoms with E-state index in [2.05, 4.69) is 15.9 Å². The molecule has 0 aliphatic rings. The Balaban J connectivity index is 2.12. The van der Waals surface area contributed by atoms with Gasteiger partial charge in [0.15, 0.2) is 0 Å². The topological polar surface area (TPSA) is 52.6 Å². The van der Waals surface area contributed by atoms with E-state index in [0.717, 1.165) is 4.47 Å². The summed E-state index contributed by atoms with van der Waals surface area (Å²) in [7, 11) is 0. The van der Waals surface area contributed by atoms with Gasteiger partial charge in [0, 0.05) is 4.47 Å². The quantitative estimate of drug-likeness (QED) is 0.622. The number of rotatable bonds is 4. The second kappa shape index (κ2) is 7.04. The second-order valence-corrected chi connectivity index (χ2v) is 5.06. The summed E-state index contributed by atoms with van der Waals surface area (Å²) in [5.74, 6) is -0.629. The molecule has 0 saturated heterocycles. The van der Waals surface area contributed by atoms with E-state index in [1.165, 1.54) is 6.07 Å². The van der Waals surface area contributed by atoms with E-state index in [9.17, 15) is 9.59 Å². The van der Waals surface area contributed by atoms with Crippen LogP contribution in [0.1, 0.15) is 27.6 Å². The van der Waals surface area contributed by atoms with Crippen molar-refractivity contribution in [3.8, 4) is 5.75 Å². The molecule has 0 fully saturated rings. The van der Waals surface area contributed by atoms with Crippen molar-refractivity contribution in [1.29, 1.82) is 0 Å². The van der Waals surface area contributed by atoms with Gasteiger partial charge in [-0.25, -0.2) is 9.59 Å². The van der Waals surface area contributed by atoms with Crippen molar-refractivity contribution in [2.75, 3.05) is 6.61 Å². The van der Waals surface area contributed by atoms with Gasteiger partial charge in [-0.15, -0.1) is 0 Å². The van der Waals surface area contributed by atoms with Crippen LogP contribution >= 0.6 is 15.9 Å². The summed E-state index contributed by atoms with van der Waals surface area (Å²) in [6.45, 7) is 2.02. The second-order valence-electron chi connectivity index (χ2n) is 4.14. The predicted molar refractivity (Wildman–Crippen MR) is 81.5 cm³/mol. The Kier molecular flexibility index (Phi) is 5.11. The van der Waals surface area contributed by atoms with Gasteiger partial charge in [0.25, 0.3) is 0 Å². The third-order valence-corrected chi connectivity index (χ3v) is 3.16. The normalized spacial score (nSPS) is 10.0. The molecule has 2 rings (SSSR count). The molecular weight excluding hydrogens is 336 g/mol. The van der Waals surface area contributed by atoms with Gasteiger partial charge in [0.2, 0.25) is 0 Å². The van der Waals surface area contributed by atoms with Crippen LogP contribution in [0.2, 0.25) is 0 Å². The minimum atomic E-state index is -0.483. The molecule has 0 radical (unpaired) electrons. The minimum absolute atomic E-state index is 0.293. The Bertz CT molecular complexity index is 650.